The Bertz CT molecular complexity index is 495. The van der Waals surface area contributed by atoms with Gasteiger partial charge in [-0.3, -0.25) is 0 Å². The fourth-order valence-electron chi connectivity index (χ4n) is 2.94. The fraction of sp³-hybridized carbons (Fsp3) is 0.500. The SMILES string of the molecule is N#Cc1c(F)cccc1N1CC2(CCOCC2)C1. The first-order chi connectivity index (χ1) is 8.74. The Labute approximate surface area is 106 Å². The van der Waals surface area contributed by atoms with Gasteiger partial charge in [0.25, 0.3) is 0 Å². The summed E-state index contributed by atoms with van der Waals surface area (Å²) < 4.78 is 18.9. The highest BCUT2D eigenvalue weighted by atomic mass is 19.1. The second-order valence-corrected chi connectivity index (χ2v) is 5.21. The van der Waals surface area contributed by atoms with Gasteiger partial charge in [-0.2, -0.15) is 5.26 Å². The number of rotatable bonds is 1. The first-order valence-corrected chi connectivity index (χ1v) is 6.25. The van der Waals surface area contributed by atoms with Crippen LogP contribution in [0.1, 0.15) is 18.4 Å². The number of halogens is 1. The minimum absolute atomic E-state index is 0.166. The molecule has 18 heavy (non-hydrogen) atoms. The molecule has 0 saturated carbocycles. The molecule has 2 aliphatic heterocycles. The molecule has 0 aliphatic carbocycles. The number of hydrogen-bond acceptors (Lipinski definition) is 3. The van der Waals surface area contributed by atoms with Crippen LogP contribution in [-0.4, -0.2) is 26.3 Å². The highest BCUT2D eigenvalue weighted by molar-refractivity contribution is 5.61. The van der Waals surface area contributed by atoms with Crippen molar-refractivity contribution >= 4 is 5.69 Å². The van der Waals surface area contributed by atoms with Crippen molar-refractivity contribution in [3.63, 3.8) is 0 Å². The van der Waals surface area contributed by atoms with Gasteiger partial charge in [-0.1, -0.05) is 6.07 Å². The number of hydrogen-bond donors (Lipinski definition) is 0. The number of nitrogens with zero attached hydrogens (tertiary/aromatic N) is 2. The van der Waals surface area contributed by atoms with Crippen LogP contribution in [0.3, 0.4) is 0 Å². The monoisotopic (exact) mass is 246 g/mol. The van der Waals surface area contributed by atoms with E-state index in [4.69, 9.17) is 10.00 Å². The molecule has 0 amide bonds. The lowest BCUT2D eigenvalue weighted by Crippen LogP contribution is -2.58. The van der Waals surface area contributed by atoms with Crippen molar-refractivity contribution in [2.24, 2.45) is 5.41 Å². The third-order valence-corrected chi connectivity index (χ3v) is 4.05. The molecule has 1 spiro atoms. The molecule has 1 aromatic rings. The highest BCUT2D eigenvalue weighted by Crippen LogP contribution is 2.43. The first-order valence-electron chi connectivity index (χ1n) is 6.25. The van der Waals surface area contributed by atoms with Gasteiger partial charge < -0.3 is 9.64 Å². The van der Waals surface area contributed by atoms with Crippen LogP contribution in [0.2, 0.25) is 0 Å². The van der Waals surface area contributed by atoms with E-state index in [1.807, 2.05) is 12.1 Å². The van der Waals surface area contributed by atoms with Crippen LogP contribution in [0.4, 0.5) is 10.1 Å². The first kappa shape index (κ1) is 11.5. The maximum atomic E-state index is 13.5. The van der Waals surface area contributed by atoms with Gasteiger partial charge >= 0.3 is 0 Å². The molecular weight excluding hydrogens is 231 g/mol. The van der Waals surface area contributed by atoms with Crippen molar-refractivity contribution in [3.8, 4) is 6.07 Å². The second kappa shape index (κ2) is 4.25. The zero-order chi connectivity index (χ0) is 12.6. The van der Waals surface area contributed by atoms with Crippen LogP contribution in [-0.2, 0) is 4.74 Å². The van der Waals surface area contributed by atoms with E-state index < -0.39 is 5.82 Å². The van der Waals surface area contributed by atoms with Crippen molar-refractivity contribution in [1.29, 1.82) is 5.26 Å². The van der Waals surface area contributed by atoms with Crippen molar-refractivity contribution < 1.29 is 9.13 Å². The fourth-order valence-corrected chi connectivity index (χ4v) is 2.94. The Morgan fingerprint density at radius 1 is 1.28 bits per heavy atom. The molecule has 0 aromatic heterocycles. The molecule has 0 bridgehead atoms. The molecule has 2 aliphatic rings. The van der Waals surface area contributed by atoms with Gasteiger partial charge in [-0.25, -0.2) is 4.39 Å². The Hall–Kier alpha value is -1.60. The number of benzene rings is 1. The van der Waals surface area contributed by atoms with Gasteiger partial charge in [0.15, 0.2) is 0 Å². The molecule has 3 rings (SSSR count). The predicted octanol–water partition coefficient (Wildman–Crippen LogP) is 2.31. The molecule has 3 nitrogen and oxygen atoms in total. The lowest BCUT2D eigenvalue weighted by Gasteiger charge is -2.53. The maximum Gasteiger partial charge on any atom is 0.143 e. The van der Waals surface area contributed by atoms with Gasteiger partial charge in [0.05, 0.1) is 5.69 Å². The molecule has 2 saturated heterocycles. The van der Waals surface area contributed by atoms with E-state index in [-0.39, 0.29) is 5.56 Å². The van der Waals surface area contributed by atoms with Gasteiger partial charge in [-0.15, -0.1) is 0 Å². The van der Waals surface area contributed by atoms with Crippen LogP contribution >= 0.6 is 0 Å². The van der Waals surface area contributed by atoms with E-state index in [1.54, 1.807) is 6.07 Å². The summed E-state index contributed by atoms with van der Waals surface area (Å²) in [7, 11) is 0. The summed E-state index contributed by atoms with van der Waals surface area (Å²) in [5.74, 6) is -0.428. The quantitative estimate of drug-likeness (QED) is 0.763. The third kappa shape index (κ3) is 1.75. The van der Waals surface area contributed by atoms with Crippen LogP contribution in [0.25, 0.3) is 0 Å². The summed E-state index contributed by atoms with van der Waals surface area (Å²) >= 11 is 0. The summed E-state index contributed by atoms with van der Waals surface area (Å²) in [4.78, 5) is 2.10. The lowest BCUT2D eigenvalue weighted by molar-refractivity contribution is -0.000224. The molecule has 0 unspecified atom stereocenters. The minimum atomic E-state index is -0.428. The van der Waals surface area contributed by atoms with E-state index in [9.17, 15) is 4.39 Å². The van der Waals surface area contributed by atoms with E-state index >= 15 is 0 Å². The summed E-state index contributed by atoms with van der Waals surface area (Å²) in [5, 5.41) is 9.03. The molecule has 2 heterocycles. The Morgan fingerprint density at radius 3 is 2.67 bits per heavy atom. The summed E-state index contributed by atoms with van der Waals surface area (Å²) in [6.45, 7) is 3.47. The Balaban J connectivity index is 1.79. The Morgan fingerprint density at radius 2 is 2.00 bits per heavy atom. The van der Waals surface area contributed by atoms with Crippen LogP contribution < -0.4 is 4.90 Å². The predicted molar refractivity (Wildman–Crippen MR) is 65.8 cm³/mol. The average molecular weight is 246 g/mol. The van der Waals surface area contributed by atoms with Gasteiger partial charge in [0.2, 0.25) is 0 Å². The summed E-state index contributed by atoms with van der Waals surface area (Å²) in [6, 6.07) is 6.80. The molecule has 0 atom stereocenters. The van der Waals surface area contributed by atoms with Crippen LogP contribution in [0.15, 0.2) is 18.2 Å². The molecule has 2 fully saturated rings. The third-order valence-electron chi connectivity index (χ3n) is 4.05. The zero-order valence-electron chi connectivity index (χ0n) is 10.2. The normalized spacial score (nSPS) is 21.4. The van der Waals surface area contributed by atoms with Gasteiger partial charge in [0.1, 0.15) is 17.4 Å². The van der Waals surface area contributed by atoms with Crippen molar-refractivity contribution in [3.05, 3.63) is 29.6 Å². The van der Waals surface area contributed by atoms with E-state index in [0.29, 0.717) is 5.41 Å². The number of anilines is 1. The molecule has 0 N–H and O–H groups in total. The largest absolute Gasteiger partial charge is 0.381 e. The lowest BCUT2D eigenvalue weighted by atomic mass is 9.73. The van der Waals surface area contributed by atoms with E-state index in [0.717, 1.165) is 44.8 Å². The van der Waals surface area contributed by atoms with Crippen molar-refractivity contribution in [2.45, 2.75) is 12.8 Å². The smallest absolute Gasteiger partial charge is 0.143 e. The molecule has 0 radical (unpaired) electrons. The van der Waals surface area contributed by atoms with Crippen LogP contribution in [0.5, 0.6) is 0 Å². The van der Waals surface area contributed by atoms with E-state index in [1.165, 1.54) is 6.07 Å². The number of ether oxygens (including phenoxy) is 1. The topological polar surface area (TPSA) is 36.3 Å². The van der Waals surface area contributed by atoms with Gasteiger partial charge in [-0.05, 0) is 25.0 Å². The Kier molecular flexibility index (Phi) is 2.71. The number of nitriles is 1. The second-order valence-electron chi connectivity index (χ2n) is 5.21. The van der Waals surface area contributed by atoms with Gasteiger partial charge in [0, 0.05) is 31.7 Å². The average Bonchev–Trinajstić information content (AvgIpc) is 2.36. The maximum absolute atomic E-state index is 13.5. The molecular formula is C14H15FN2O. The summed E-state index contributed by atoms with van der Waals surface area (Å²) in [5.41, 5.74) is 1.23. The molecule has 94 valence electrons. The highest BCUT2D eigenvalue weighted by Gasteiger charge is 2.44. The van der Waals surface area contributed by atoms with Crippen molar-refractivity contribution in [2.75, 3.05) is 31.2 Å². The molecule has 1 aromatic carbocycles. The zero-order valence-corrected chi connectivity index (χ0v) is 10.2. The minimum Gasteiger partial charge on any atom is -0.381 e. The van der Waals surface area contributed by atoms with Crippen LogP contribution in [0, 0.1) is 22.6 Å². The molecule has 4 heteroatoms. The van der Waals surface area contributed by atoms with E-state index in [2.05, 4.69) is 4.90 Å². The standard InChI is InChI=1S/C14H15FN2O/c15-12-2-1-3-13(11(12)8-16)17-9-14(10-17)4-6-18-7-5-14/h1-3H,4-7,9-10H2. The summed E-state index contributed by atoms with van der Waals surface area (Å²) in [6.07, 6.45) is 2.14. The van der Waals surface area contributed by atoms with Crippen molar-refractivity contribution in [1.82, 2.24) is 0 Å².